The van der Waals surface area contributed by atoms with Gasteiger partial charge in [-0.05, 0) is 46.7 Å². The number of ether oxygens (including phenoxy) is 2. The molecule has 0 saturated heterocycles. The van der Waals surface area contributed by atoms with Crippen LogP contribution in [0, 0.1) is 26.2 Å². The standard InChI is InChI=1S/C17H15IN4O3/c1-3-4-25-15-12(18)5-9(6-13(15)24-2)14-10(7-19)16(21)22-17(23)11(14)8-20/h5-6H,3-4H2,1-2H3,(H3,21,22,23). The number of methoxy groups -OCH3 is 1. The monoisotopic (exact) mass is 450 g/mol. The molecule has 128 valence electrons. The zero-order valence-corrected chi connectivity index (χ0v) is 15.8. The van der Waals surface area contributed by atoms with E-state index >= 15 is 0 Å². The molecule has 7 nitrogen and oxygen atoms in total. The van der Waals surface area contributed by atoms with Gasteiger partial charge in [-0.3, -0.25) is 4.79 Å². The lowest BCUT2D eigenvalue weighted by molar-refractivity contribution is 0.292. The number of halogens is 1. The second kappa shape index (κ2) is 7.90. The number of hydrogen-bond donors (Lipinski definition) is 2. The maximum Gasteiger partial charge on any atom is 0.268 e. The van der Waals surface area contributed by atoms with Gasteiger partial charge in [0.05, 0.1) is 17.3 Å². The third-order valence-corrected chi connectivity index (χ3v) is 4.24. The van der Waals surface area contributed by atoms with E-state index in [2.05, 4.69) is 27.6 Å². The molecule has 2 aromatic rings. The predicted octanol–water partition coefficient (Wildman–Crippen LogP) is 2.77. The number of nitrogens with one attached hydrogen (secondary N) is 1. The van der Waals surface area contributed by atoms with Crippen LogP contribution in [0.1, 0.15) is 24.5 Å². The fourth-order valence-corrected chi connectivity index (χ4v) is 3.10. The molecule has 2 rings (SSSR count). The van der Waals surface area contributed by atoms with Crippen molar-refractivity contribution in [3.63, 3.8) is 0 Å². The lowest BCUT2D eigenvalue weighted by atomic mass is 9.96. The molecule has 1 aromatic heterocycles. The molecule has 0 atom stereocenters. The Hall–Kier alpha value is -2.72. The number of nitriles is 2. The Bertz CT molecular complexity index is 954. The first kappa shape index (κ1) is 18.6. The largest absolute Gasteiger partial charge is 0.493 e. The number of pyridine rings is 1. The number of nitrogens with two attached hydrogens (primary N) is 1. The van der Waals surface area contributed by atoms with E-state index in [1.54, 1.807) is 12.1 Å². The zero-order chi connectivity index (χ0) is 18.6. The van der Waals surface area contributed by atoms with E-state index in [9.17, 15) is 15.3 Å². The van der Waals surface area contributed by atoms with Crippen LogP contribution in [-0.4, -0.2) is 18.7 Å². The molecule has 0 saturated carbocycles. The van der Waals surface area contributed by atoms with E-state index in [1.165, 1.54) is 7.11 Å². The van der Waals surface area contributed by atoms with Crippen LogP contribution >= 0.6 is 22.6 Å². The first-order valence-electron chi connectivity index (χ1n) is 7.35. The van der Waals surface area contributed by atoms with Crippen molar-refractivity contribution in [2.45, 2.75) is 13.3 Å². The number of benzene rings is 1. The lowest BCUT2D eigenvalue weighted by Gasteiger charge is -2.15. The Morgan fingerprint density at radius 1 is 1.28 bits per heavy atom. The van der Waals surface area contributed by atoms with Gasteiger partial charge < -0.3 is 20.2 Å². The molecule has 0 bridgehead atoms. The second-order valence-corrected chi connectivity index (χ2v) is 6.22. The van der Waals surface area contributed by atoms with Gasteiger partial charge in [0, 0.05) is 5.56 Å². The second-order valence-electron chi connectivity index (χ2n) is 5.05. The van der Waals surface area contributed by atoms with Crippen LogP contribution in [0.15, 0.2) is 16.9 Å². The minimum Gasteiger partial charge on any atom is -0.493 e. The first-order valence-corrected chi connectivity index (χ1v) is 8.42. The SMILES string of the molecule is CCCOc1c(I)cc(-c2c(C#N)c(N)[nH]c(=O)c2C#N)cc1OC. The van der Waals surface area contributed by atoms with Crippen LogP contribution in [-0.2, 0) is 0 Å². The van der Waals surface area contributed by atoms with Crippen molar-refractivity contribution >= 4 is 28.4 Å². The molecule has 0 aliphatic heterocycles. The van der Waals surface area contributed by atoms with E-state index in [1.807, 2.05) is 19.1 Å². The Labute approximate surface area is 158 Å². The molecule has 1 aromatic carbocycles. The molecule has 0 amide bonds. The normalized spacial score (nSPS) is 9.96. The summed E-state index contributed by atoms with van der Waals surface area (Å²) in [7, 11) is 1.50. The molecule has 0 aliphatic carbocycles. The Morgan fingerprint density at radius 3 is 2.52 bits per heavy atom. The number of anilines is 1. The summed E-state index contributed by atoms with van der Waals surface area (Å²) < 4.78 is 11.8. The summed E-state index contributed by atoms with van der Waals surface area (Å²) in [4.78, 5) is 14.4. The van der Waals surface area contributed by atoms with Gasteiger partial charge in [0.2, 0.25) is 0 Å². The summed E-state index contributed by atoms with van der Waals surface area (Å²) in [5.74, 6) is 0.937. The predicted molar refractivity (Wildman–Crippen MR) is 101 cm³/mol. The summed E-state index contributed by atoms with van der Waals surface area (Å²) in [6, 6.07) is 7.15. The van der Waals surface area contributed by atoms with Gasteiger partial charge in [-0.2, -0.15) is 10.5 Å². The molecular formula is C17H15IN4O3. The Balaban J connectivity index is 2.80. The number of hydrogen-bond acceptors (Lipinski definition) is 6. The molecule has 0 spiro atoms. The van der Waals surface area contributed by atoms with Gasteiger partial charge in [-0.15, -0.1) is 0 Å². The number of aromatic nitrogens is 1. The van der Waals surface area contributed by atoms with Crippen LogP contribution in [0.3, 0.4) is 0 Å². The van der Waals surface area contributed by atoms with Crippen LogP contribution in [0.25, 0.3) is 11.1 Å². The highest BCUT2D eigenvalue weighted by atomic mass is 127. The number of rotatable bonds is 5. The van der Waals surface area contributed by atoms with Gasteiger partial charge in [0.25, 0.3) is 5.56 Å². The molecule has 0 radical (unpaired) electrons. The topological polar surface area (TPSA) is 125 Å². The van der Waals surface area contributed by atoms with Gasteiger partial charge in [0.1, 0.15) is 29.1 Å². The molecule has 0 fully saturated rings. The molecule has 0 aliphatic rings. The highest BCUT2D eigenvalue weighted by Gasteiger charge is 2.21. The maximum absolute atomic E-state index is 12.1. The molecule has 3 N–H and O–H groups in total. The highest BCUT2D eigenvalue weighted by Crippen LogP contribution is 2.39. The molecule has 0 unspecified atom stereocenters. The lowest BCUT2D eigenvalue weighted by Crippen LogP contribution is -2.16. The van der Waals surface area contributed by atoms with Gasteiger partial charge in [-0.1, -0.05) is 6.92 Å². The zero-order valence-electron chi connectivity index (χ0n) is 13.6. The summed E-state index contributed by atoms with van der Waals surface area (Å²) >= 11 is 2.08. The van der Waals surface area contributed by atoms with Crippen molar-refractivity contribution in [2.75, 3.05) is 19.5 Å². The number of aromatic amines is 1. The number of nitrogens with zero attached hydrogens (tertiary/aromatic N) is 2. The third-order valence-electron chi connectivity index (χ3n) is 3.44. The van der Waals surface area contributed by atoms with E-state index < -0.39 is 5.56 Å². The van der Waals surface area contributed by atoms with E-state index in [4.69, 9.17) is 15.2 Å². The quantitative estimate of drug-likeness (QED) is 0.675. The van der Waals surface area contributed by atoms with Gasteiger partial charge in [0.15, 0.2) is 11.5 Å². The first-order chi connectivity index (χ1) is 12.0. The van der Waals surface area contributed by atoms with Crippen molar-refractivity contribution in [3.8, 4) is 34.8 Å². The highest BCUT2D eigenvalue weighted by molar-refractivity contribution is 14.1. The summed E-state index contributed by atoms with van der Waals surface area (Å²) in [6.45, 7) is 2.52. The van der Waals surface area contributed by atoms with Crippen LogP contribution in [0.4, 0.5) is 5.82 Å². The van der Waals surface area contributed by atoms with Crippen molar-refractivity contribution in [2.24, 2.45) is 0 Å². The summed E-state index contributed by atoms with van der Waals surface area (Å²) in [5.41, 5.74) is 5.64. The average Bonchev–Trinajstić information content (AvgIpc) is 2.59. The van der Waals surface area contributed by atoms with E-state index in [0.717, 1.165) is 9.99 Å². The smallest absolute Gasteiger partial charge is 0.268 e. The summed E-state index contributed by atoms with van der Waals surface area (Å²) in [6.07, 6.45) is 0.836. The Morgan fingerprint density at radius 2 is 1.96 bits per heavy atom. The molecule has 25 heavy (non-hydrogen) atoms. The summed E-state index contributed by atoms with van der Waals surface area (Å²) in [5, 5.41) is 18.8. The number of H-pyrrole nitrogens is 1. The minimum absolute atomic E-state index is 0.0382. The van der Waals surface area contributed by atoms with Gasteiger partial charge >= 0.3 is 0 Å². The van der Waals surface area contributed by atoms with Crippen LogP contribution < -0.4 is 20.8 Å². The van der Waals surface area contributed by atoms with Crippen molar-refractivity contribution in [3.05, 3.63) is 37.2 Å². The van der Waals surface area contributed by atoms with E-state index in [-0.39, 0.29) is 22.5 Å². The molecule has 1 heterocycles. The fraction of sp³-hybridized carbons (Fsp3) is 0.235. The minimum atomic E-state index is -0.644. The fourth-order valence-electron chi connectivity index (χ4n) is 2.34. The van der Waals surface area contributed by atoms with E-state index in [0.29, 0.717) is 23.7 Å². The Kier molecular flexibility index (Phi) is 5.88. The van der Waals surface area contributed by atoms with Crippen molar-refractivity contribution in [1.82, 2.24) is 4.98 Å². The maximum atomic E-state index is 12.1. The third kappa shape index (κ3) is 3.54. The van der Waals surface area contributed by atoms with Crippen LogP contribution in [0.5, 0.6) is 11.5 Å². The van der Waals surface area contributed by atoms with Crippen LogP contribution in [0.2, 0.25) is 0 Å². The number of nitrogen functional groups attached to an aromatic ring is 1. The van der Waals surface area contributed by atoms with Gasteiger partial charge in [-0.25, -0.2) is 0 Å². The average molecular weight is 450 g/mol. The molecule has 8 heteroatoms. The van der Waals surface area contributed by atoms with Crippen molar-refractivity contribution in [1.29, 1.82) is 10.5 Å². The molecular weight excluding hydrogens is 435 g/mol. The van der Waals surface area contributed by atoms with Crippen molar-refractivity contribution < 1.29 is 9.47 Å².